The third-order valence-electron chi connectivity index (χ3n) is 4.31. The monoisotopic (exact) mass is 398 g/mol. The molecule has 0 bridgehead atoms. The van der Waals surface area contributed by atoms with Crippen molar-refractivity contribution in [3.05, 3.63) is 91.3 Å². The highest BCUT2D eigenvalue weighted by atomic mass is 35.5. The van der Waals surface area contributed by atoms with Gasteiger partial charge in [0.25, 0.3) is 5.91 Å². The van der Waals surface area contributed by atoms with Gasteiger partial charge in [-0.05, 0) is 30.3 Å². The molecule has 2 N–H and O–H groups in total. The molecule has 5 nitrogen and oxygen atoms in total. The maximum atomic E-state index is 12.2. The van der Waals surface area contributed by atoms with Crippen molar-refractivity contribution >= 4 is 34.8 Å². The molecule has 7 heteroatoms. The van der Waals surface area contributed by atoms with Gasteiger partial charge in [-0.3, -0.25) is 9.79 Å². The van der Waals surface area contributed by atoms with E-state index in [1.807, 2.05) is 18.2 Å². The largest absolute Gasteiger partial charge is 0.422 e. The number of aliphatic imine (C=N–C) groups is 1. The molecule has 1 aliphatic heterocycles. The van der Waals surface area contributed by atoms with Gasteiger partial charge >= 0.3 is 5.63 Å². The highest BCUT2D eigenvalue weighted by Crippen LogP contribution is 2.35. The van der Waals surface area contributed by atoms with Crippen LogP contribution >= 0.6 is 23.2 Å². The number of carbonyl (C=O) groups excluding carboxylic acids is 1. The third kappa shape index (κ3) is 3.05. The number of fused-ring (bicyclic) bond motifs is 3. The Morgan fingerprint density at radius 2 is 1.81 bits per heavy atom. The van der Waals surface area contributed by atoms with Crippen LogP contribution in [0.1, 0.15) is 27.0 Å². The normalized spacial score (nSPS) is 12.6. The van der Waals surface area contributed by atoms with Crippen LogP contribution in [0.5, 0.6) is 0 Å². The van der Waals surface area contributed by atoms with Crippen LogP contribution in [0.4, 0.5) is 0 Å². The fraction of sp³-hybridized carbons (Fsp3) is 0.0500. The lowest BCUT2D eigenvalue weighted by Crippen LogP contribution is -2.21. The first-order valence-electron chi connectivity index (χ1n) is 8.02. The minimum absolute atomic E-state index is 0.187. The number of carbonyl (C=O) groups is 1. The number of halogens is 2. The second kappa shape index (κ2) is 6.68. The summed E-state index contributed by atoms with van der Waals surface area (Å²) in [6.07, 6.45) is 0. The van der Waals surface area contributed by atoms with Crippen LogP contribution in [0, 0.1) is 0 Å². The van der Waals surface area contributed by atoms with Gasteiger partial charge in [-0.25, -0.2) is 4.79 Å². The molecule has 0 saturated heterocycles. The lowest BCUT2D eigenvalue weighted by molar-refractivity contribution is 0.0996. The molecule has 0 atom stereocenters. The van der Waals surface area contributed by atoms with Crippen LogP contribution in [-0.2, 0) is 6.54 Å². The summed E-state index contributed by atoms with van der Waals surface area (Å²) >= 11 is 12.6. The number of primary amides is 1. The third-order valence-corrected chi connectivity index (χ3v) is 4.87. The number of hydrogen-bond donors (Lipinski definition) is 1. The molecular formula is C20H12Cl2N2O3. The van der Waals surface area contributed by atoms with Crippen molar-refractivity contribution < 1.29 is 9.21 Å². The second-order valence-electron chi connectivity index (χ2n) is 6.00. The smallest absolute Gasteiger partial charge is 0.349 e. The predicted molar refractivity (Wildman–Crippen MR) is 105 cm³/mol. The molecule has 4 rings (SSSR count). The van der Waals surface area contributed by atoms with Gasteiger partial charge in [0.05, 0.1) is 12.3 Å². The Labute approximate surface area is 164 Å². The van der Waals surface area contributed by atoms with Crippen LogP contribution in [0.2, 0.25) is 10.0 Å². The highest BCUT2D eigenvalue weighted by Gasteiger charge is 2.24. The summed E-state index contributed by atoms with van der Waals surface area (Å²) in [5.41, 5.74) is 7.53. The van der Waals surface area contributed by atoms with Gasteiger partial charge in [-0.15, -0.1) is 0 Å². The average Bonchev–Trinajstić information content (AvgIpc) is 2.78. The van der Waals surface area contributed by atoms with Crippen molar-refractivity contribution in [2.45, 2.75) is 6.54 Å². The molecule has 0 spiro atoms. The predicted octanol–water partition coefficient (Wildman–Crippen LogP) is 4.06. The zero-order valence-corrected chi connectivity index (χ0v) is 15.3. The summed E-state index contributed by atoms with van der Waals surface area (Å²) in [6.45, 7) is 0.187. The molecule has 1 aromatic heterocycles. The molecular weight excluding hydrogens is 387 g/mol. The van der Waals surface area contributed by atoms with Gasteiger partial charge in [0.2, 0.25) is 0 Å². The number of benzene rings is 2. The summed E-state index contributed by atoms with van der Waals surface area (Å²) < 4.78 is 5.45. The van der Waals surface area contributed by atoms with Gasteiger partial charge in [-0.1, -0.05) is 41.4 Å². The van der Waals surface area contributed by atoms with Crippen molar-refractivity contribution in [2.75, 3.05) is 0 Å². The van der Waals surface area contributed by atoms with E-state index in [1.54, 1.807) is 24.3 Å². The molecule has 0 saturated carbocycles. The first-order chi connectivity index (χ1) is 13.0. The number of nitrogens with zero attached hydrogens (tertiary/aromatic N) is 1. The zero-order chi connectivity index (χ0) is 19.1. The molecule has 0 radical (unpaired) electrons. The lowest BCUT2D eigenvalue weighted by Gasteiger charge is -2.12. The van der Waals surface area contributed by atoms with Crippen molar-refractivity contribution in [3.8, 4) is 11.3 Å². The number of hydrogen-bond acceptors (Lipinski definition) is 4. The molecule has 1 aliphatic rings. The van der Waals surface area contributed by atoms with Gasteiger partial charge in [0.1, 0.15) is 11.3 Å². The van der Waals surface area contributed by atoms with E-state index in [2.05, 4.69) is 4.99 Å². The van der Waals surface area contributed by atoms with Crippen LogP contribution in [0.15, 0.2) is 62.7 Å². The maximum Gasteiger partial charge on any atom is 0.349 e. The first-order valence-corrected chi connectivity index (χ1v) is 8.78. The molecule has 0 fully saturated rings. The van der Waals surface area contributed by atoms with E-state index in [0.717, 1.165) is 5.56 Å². The van der Waals surface area contributed by atoms with E-state index in [-0.39, 0.29) is 12.1 Å². The van der Waals surface area contributed by atoms with E-state index in [0.29, 0.717) is 38.2 Å². The van der Waals surface area contributed by atoms with Crippen LogP contribution in [0.25, 0.3) is 11.3 Å². The van der Waals surface area contributed by atoms with Crippen molar-refractivity contribution in [1.82, 2.24) is 0 Å². The maximum absolute atomic E-state index is 12.2. The zero-order valence-electron chi connectivity index (χ0n) is 13.8. The fourth-order valence-corrected chi connectivity index (χ4v) is 3.47. The number of amides is 1. The number of rotatable bonds is 2. The molecule has 1 amide bonds. The highest BCUT2D eigenvalue weighted by molar-refractivity contribution is 6.36. The Morgan fingerprint density at radius 1 is 1.04 bits per heavy atom. The number of nitrogens with two attached hydrogens (primary N) is 1. The summed E-state index contributed by atoms with van der Waals surface area (Å²) in [4.78, 5) is 28.3. The van der Waals surface area contributed by atoms with E-state index < -0.39 is 11.5 Å². The Bertz CT molecular complexity index is 1180. The summed E-state index contributed by atoms with van der Waals surface area (Å²) in [7, 11) is 0. The van der Waals surface area contributed by atoms with Crippen LogP contribution < -0.4 is 11.4 Å². The Balaban J connectivity index is 2.03. The fourth-order valence-electron chi connectivity index (χ4n) is 3.07. The van der Waals surface area contributed by atoms with Gasteiger partial charge in [-0.2, -0.15) is 0 Å². The molecule has 2 aromatic carbocycles. The van der Waals surface area contributed by atoms with Crippen LogP contribution in [-0.4, -0.2) is 11.6 Å². The average molecular weight is 399 g/mol. The molecule has 27 heavy (non-hydrogen) atoms. The summed E-state index contributed by atoms with van der Waals surface area (Å²) in [5, 5.41) is 1.04. The van der Waals surface area contributed by atoms with E-state index >= 15 is 0 Å². The van der Waals surface area contributed by atoms with Gasteiger partial charge in [0.15, 0.2) is 0 Å². The van der Waals surface area contributed by atoms with E-state index in [1.165, 1.54) is 6.07 Å². The Hall–Kier alpha value is -2.89. The Kier molecular flexibility index (Phi) is 4.34. The minimum Gasteiger partial charge on any atom is -0.422 e. The second-order valence-corrected chi connectivity index (χ2v) is 6.84. The van der Waals surface area contributed by atoms with Crippen molar-refractivity contribution in [3.63, 3.8) is 0 Å². The quantitative estimate of drug-likeness (QED) is 0.705. The lowest BCUT2D eigenvalue weighted by atomic mass is 9.95. The summed E-state index contributed by atoms with van der Waals surface area (Å²) in [6, 6.07) is 13.9. The summed E-state index contributed by atoms with van der Waals surface area (Å²) in [5.74, 6) is -0.509. The van der Waals surface area contributed by atoms with Crippen molar-refractivity contribution in [1.29, 1.82) is 0 Å². The topological polar surface area (TPSA) is 85.7 Å². The molecule has 0 aliphatic carbocycles. The first kappa shape index (κ1) is 17.5. The van der Waals surface area contributed by atoms with Crippen molar-refractivity contribution in [2.24, 2.45) is 10.7 Å². The SMILES string of the molecule is NC(=O)c1cc2c(oc1=O)-c1ccc(Cl)cc1C(c1ccccc1Cl)=NC2. The van der Waals surface area contributed by atoms with E-state index in [9.17, 15) is 9.59 Å². The molecule has 0 unspecified atom stereocenters. The molecule has 134 valence electrons. The van der Waals surface area contributed by atoms with Gasteiger partial charge < -0.3 is 10.2 Å². The minimum atomic E-state index is -0.845. The van der Waals surface area contributed by atoms with Gasteiger partial charge in [0, 0.05) is 32.3 Å². The van der Waals surface area contributed by atoms with E-state index in [4.69, 9.17) is 33.4 Å². The standard InChI is InChI=1S/C20H12Cl2N2O3/c21-11-5-6-12-14(8-11)17(13-3-1-2-4-16(13)22)24-9-10-7-15(19(23)25)20(26)27-18(10)12/h1-8H,9H2,(H2,23,25). The Morgan fingerprint density at radius 3 is 2.56 bits per heavy atom. The van der Waals surface area contributed by atoms with Crippen LogP contribution in [0.3, 0.4) is 0 Å². The molecule has 2 heterocycles. The molecule has 3 aromatic rings.